The number of urea groups is 1. The second kappa shape index (κ2) is 9.92. The van der Waals surface area contributed by atoms with Crippen molar-refractivity contribution in [2.24, 2.45) is 0 Å². The van der Waals surface area contributed by atoms with Gasteiger partial charge in [0.1, 0.15) is 0 Å². The molecule has 172 valence electrons. The molecule has 2 aromatic carbocycles. The predicted octanol–water partition coefficient (Wildman–Crippen LogP) is 2.77. The van der Waals surface area contributed by atoms with Crippen molar-refractivity contribution in [2.75, 3.05) is 31.6 Å². The van der Waals surface area contributed by atoms with Gasteiger partial charge >= 0.3 is 6.03 Å². The summed E-state index contributed by atoms with van der Waals surface area (Å²) in [6, 6.07) is 11.0. The molecule has 2 N–H and O–H groups in total. The van der Waals surface area contributed by atoms with Crippen LogP contribution in [0.25, 0.3) is 10.9 Å². The lowest BCUT2D eigenvalue weighted by atomic mass is 10.2. The molecule has 1 atom stereocenters. The number of hydrogen-bond acceptors (Lipinski definition) is 8. The number of nitrogens with zero attached hydrogens (tertiary/aromatic N) is 2. The van der Waals surface area contributed by atoms with Gasteiger partial charge in [0, 0.05) is 18.9 Å². The minimum atomic E-state index is -0.684. The number of carbonyl (C=O) groups excluding carboxylic acids is 2. The van der Waals surface area contributed by atoms with Crippen LogP contribution < -0.4 is 25.7 Å². The molecule has 3 amide bonds. The van der Waals surface area contributed by atoms with Crippen LogP contribution in [0.15, 0.2) is 52.4 Å². The summed E-state index contributed by atoms with van der Waals surface area (Å²) >= 11 is 1.07. The predicted molar refractivity (Wildman–Crippen MR) is 123 cm³/mol. The third-order valence-corrected chi connectivity index (χ3v) is 5.79. The smallest absolute Gasteiger partial charge is 0.325 e. The first-order valence-electron chi connectivity index (χ1n) is 10.1. The van der Waals surface area contributed by atoms with Gasteiger partial charge < -0.3 is 19.5 Å². The van der Waals surface area contributed by atoms with Gasteiger partial charge in [-0.2, -0.15) is 0 Å². The number of para-hydroxylation sites is 1. The molecule has 1 aromatic heterocycles. The molecule has 1 aliphatic rings. The zero-order valence-electron chi connectivity index (χ0n) is 18.0. The molecule has 1 aliphatic heterocycles. The summed E-state index contributed by atoms with van der Waals surface area (Å²) in [6.07, 6.45) is 0. The number of benzene rings is 2. The molecule has 0 fully saturated rings. The van der Waals surface area contributed by atoms with Crippen molar-refractivity contribution in [3.63, 3.8) is 0 Å². The number of hydrogen-bond donors (Lipinski definition) is 2. The molecule has 3 aromatic rings. The Bertz CT molecular complexity index is 1260. The van der Waals surface area contributed by atoms with Gasteiger partial charge in [-0.25, -0.2) is 9.78 Å². The second-order valence-electron chi connectivity index (χ2n) is 7.25. The minimum Gasteiger partial charge on any atom is -0.454 e. The van der Waals surface area contributed by atoms with E-state index in [-0.39, 0.29) is 24.1 Å². The first-order chi connectivity index (χ1) is 16.0. The van der Waals surface area contributed by atoms with Crippen molar-refractivity contribution < 1.29 is 23.8 Å². The summed E-state index contributed by atoms with van der Waals surface area (Å²) in [4.78, 5) is 42.2. The van der Waals surface area contributed by atoms with Gasteiger partial charge in [0.15, 0.2) is 16.7 Å². The fourth-order valence-electron chi connectivity index (χ4n) is 3.36. The highest BCUT2D eigenvalue weighted by molar-refractivity contribution is 7.99. The number of nitrogens with one attached hydrogen (secondary N) is 2. The van der Waals surface area contributed by atoms with Crippen LogP contribution in [-0.2, 0) is 9.53 Å². The van der Waals surface area contributed by atoms with Gasteiger partial charge in [0.05, 0.1) is 29.3 Å². The highest BCUT2D eigenvalue weighted by Gasteiger charge is 2.19. The number of aromatic nitrogens is 2. The van der Waals surface area contributed by atoms with E-state index < -0.39 is 11.9 Å². The van der Waals surface area contributed by atoms with E-state index in [2.05, 4.69) is 15.6 Å². The van der Waals surface area contributed by atoms with Gasteiger partial charge in [0.25, 0.3) is 5.56 Å². The number of methoxy groups -OCH3 is 1. The molecule has 2 heterocycles. The third kappa shape index (κ3) is 5.10. The normalized spacial score (nSPS) is 13.0. The summed E-state index contributed by atoms with van der Waals surface area (Å²) in [7, 11) is 1.55. The van der Waals surface area contributed by atoms with Gasteiger partial charge in [-0.15, -0.1) is 0 Å². The molecular weight excluding hydrogens is 448 g/mol. The first kappa shape index (κ1) is 22.6. The van der Waals surface area contributed by atoms with Gasteiger partial charge in [-0.3, -0.25) is 19.5 Å². The highest BCUT2D eigenvalue weighted by atomic mass is 32.2. The highest BCUT2D eigenvalue weighted by Crippen LogP contribution is 2.34. The summed E-state index contributed by atoms with van der Waals surface area (Å²) < 4.78 is 17.2. The molecule has 11 heteroatoms. The Morgan fingerprint density at radius 1 is 1.21 bits per heavy atom. The number of fused-ring (bicyclic) bond motifs is 2. The van der Waals surface area contributed by atoms with Gasteiger partial charge in [-0.05, 0) is 31.2 Å². The van der Waals surface area contributed by atoms with Crippen molar-refractivity contribution in [3.05, 3.63) is 52.8 Å². The first-order valence-corrected chi connectivity index (χ1v) is 11.1. The van der Waals surface area contributed by atoms with Crippen molar-refractivity contribution in [3.8, 4) is 11.5 Å². The number of imide groups is 1. The zero-order valence-corrected chi connectivity index (χ0v) is 18.8. The number of carbonyl (C=O) groups is 2. The number of ether oxygens (including phenoxy) is 3. The Hall–Kier alpha value is -3.57. The van der Waals surface area contributed by atoms with Crippen LogP contribution in [-0.4, -0.2) is 47.8 Å². The Morgan fingerprint density at radius 2 is 2.00 bits per heavy atom. The maximum atomic E-state index is 13.0. The molecular formula is C22H22N4O6S. The van der Waals surface area contributed by atoms with E-state index in [4.69, 9.17) is 14.2 Å². The molecule has 10 nitrogen and oxygen atoms in total. The van der Waals surface area contributed by atoms with Crippen LogP contribution in [0.4, 0.5) is 10.5 Å². The molecule has 0 radical (unpaired) electrons. The molecule has 0 spiro atoms. The van der Waals surface area contributed by atoms with E-state index in [1.807, 2.05) is 6.92 Å². The molecule has 4 rings (SSSR count). The van der Waals surface area contributed by atoms with E-state index in [0.717, 1.165) is 11.8 Å². The summed E-state index contributed by atoms with van der Waals surface area (Å²) in [6.45, 7) is 2.26. The lowest BCUT2D eigenvalue weighted by molar-refractivity contribution is -0.117. The minimum absolute atomic E-state index is 0.112. The van der Waals surface area contributed by atoms with E-state index in [9.17, 15) is 14.4 Å². The molecule has 0 saturated carbocycles. The third-order valence-electron chi connectivity index (χ3n) is 4.84. The molecule has 33 heavy (non-hydrogen) atoms. The van der Waals surface area contributed by atoms with Crippen LogP contribution >= 0.6 is 11.8 Å². The number of thioether (sulfide) groups is 1. The van der Waals surface area contributed by atoms with Crippen LogP contribution in [0.5, 0.6) is 11.5 Å². The van der Waals surface area contributed by atoms with Crippen LogP contribution in [0.1, 0.15) is 13.0 Å². The van der Waals surface area contributed by atoms with E-state index in [1.54, 1.807) is 49.6 Å². The van der Waals surface area contributed by atoms with Gasteiger partial charge in [0.2, 0.25) is 12.7 Å². The largest absolute Gasteiger partial charge is 0.454 e. The molecule has 0 unspecified atom stereocenters. The quantitative estimate of drug-likeness (QED) is 0.399. The average Bonchev–Trinajstić information content (AvgIpc) is 3.25. The van der Waals surface area contributed by atoms with Crippen molar-refractivity contribution in [1.82, 2.24) is 14.9 Å². The average molecular weight is 471 g/mol. The lowest BCUT2D eigenvalue weighted by Gasteiger charge is -2.18. The Balaban J connectivity index is 1.44. The van der Waals surface area contributed by atoms with Crippen LogP contribution in [0.3, 0.4) is 0 Å². The SMILES string of the molecule is COC[C@@H](C)n1c(SCC(=O)NC(=O)Nc2ccc3c(c2)OCO3)nc2ccccc2c1=O. The van der Waals surface area contributed by atoms with Gasteiger partial charge in [-0.1, -0.05) is 23.9 Å². The van der Waals surface area contributed by atoms with Crippen LogP contribution in [0, 0.1) is 0 Å². The summed E-state index contributed by atoms with van der Waals surface area (Å²) in [5.41, 5.74) is 0.774. The maximum Gasteiger partial charge on any atom is 0.325 e. The van der Waals surface area contributed by atoms with Crippen molar-refractivity contribution in [2.45, 2.75) is 18.1 Å². The van der Waals surface area contributed by atoms with E-state index in [0.29, 0.717) is 39.9 Å². The summed E-state index contributed by atoms with van der Waals surface area (Å²) in [5.74, 6) is 0.454. The standard InChI is InChI=1S/C22H22N4O6S/c1-13(10-30-2)26-20(28)15-5-3-4-6-16(15)24-22(26)33-11-19(27)25-21(29)23-14-7-8-17-18(9-14)32-12-31-17/h3-9,13H,10-12H2,1-2H3,(H2,23,25,27,29)/t13-/m1/s1. The Morgan fingerprint density at radius 3 is 2.82 bits per heavy atom. The van der Waals surface area contributed by atoms with Crippen LogP contribution in [0.2, 0.25) is 0 Å². The number of amides is 3. The zero-order chi connectivity index (χ0) is 23.4. The molecule has 0 bridgehead atoms. The van der Waals surface area contributed by atoms with E-state index in [1.165, 1.54) is 4.57 Å². The molecule has 0 saturated heterocycles. The fourth-order valence-corrected chi connectivity index (χ4v) is 4.26. The number of rotatable bonds is 7. The Labute approximate surface area is 193 Å². The van der Waals surface area contributed by atoms with E-state index >= 15 is 0 Å². The molecule has 0 aliphatic carbocycles. The summed E-state index contributed by atoms with van der Waals surface area (Å²) in [5, 5.41) is 5.70. The van der Waals surface area contributed by atoms with Crippen molar-refractivity contribution >= 4 is 40.3 Å². The van der Waals surface area contributed by atoms with Crippen molar-refractivity contribution in [1.29, 1.82) is 0 Å². The number of anilines is 1. The topological polar surface area (TPSA) is 121 Å². The fraction of sp³-hybridized carbons (Fsp3) is 0.273. The Kier molecular flexibility index (Phi) is 6.80. The monoisotopic (exact) mass is 470 g/mol. The maximum absolute atomic E-state index is 13.0. The second-order valence-corrected chi connectivity index (χ2v) is 8.19. The lowest BCUT2D eigenvalue weighted by Crippen LogP contribution is -2.36.